The van der Waals surface area contributed by atoms with Crippen molar-refractivity contribution in [3.8, 4) is 0 Å². The van der Waals surface area contributed by atoms with Crippen LogP contribution in [0.5, 0.6) is 0 Å². The van der Waals surface area contributed by atoms with E-state index in [0.717, 1.165) is 0 Å². The van der Waals surface area contributed by atoms with E-state index in [-0.39, 0.29) is 22.3 Å². The second-order valence-electron chi connectivity index (χ2n) is 3.18. The van der Waals surface area contributed by atoms with E-state index in [0.29, 0.717) is 16.6 Å². The zero-order valence-corrected chi connectivity index (χ0v) is 12.1. The van der Waals surface area contributed by atoms with Gasteiger partial charge < -0.3 is 4.74 Å². The molecular weight excluding hydrogens is 331 g/mol. The number of halogens is 3. The fraction of sp³-hybridized carbons (Fsp3) is 0.273. The number of hydrogen-bond acceptors (Lipinski definition) is 3. The number of benzene rings is 1. The van der Waals surface area contributed by atoms with Gasteiger partial charge in [-0.25, -0.2) is 4.39 Å². The molecule has 0 aliphatic carbocycles. The van der Waals surface area contributed by atoms with Crippen molar-refractivity contribution in [1.82, 2.24) is 0 Å². The zero-order chi connectivity index (χ0) is 13.0. The summed E-state index contributed by atoms with van der Waals surface area (Å²) in [5.41, 5.74) is 0.701. The van der Waals surface area contributed by atoms with E-state index in [1.54, 1.807) is 6.92 Å². The minimum atomic E-state index is -0.524. The van der Waals surface area contributed by atoms with E-state index < -0.39 is 5.82 Å². The van der Waals surface area contributed by atoms with Crippen LogP contribution in [0.15, 0.2) is 16.6 Å². The van der Waals surface area contributed by atoms with Gasteiger partial charge in [0.2, 0.25) is 0 Å². The Morgan fingerprint density at radius 1 is 1.59 bits per heavy atom. The zero-order valence-electron chi connectivity index (χ0n) is 8.93. The van der Waals surface area contributed by atoms with Crippen LogP contribution in [0.2, 0.25) is 0 Å². The largest absolute Gasteiger partial charge is 0.466 e. The Balaban J connectivity index is 3.03. The minimum Gasteiger partial charge on any atom is -0.466 e. The summed E-state index contributed by atoms with van der Waals surface area (Å²) in [6.45, 7) is 2.02. The quantitative estimate of drug-likeness (QED) is 0.476. The lowest BCUT2D eigenvalue weighted by Gasteiger charge is -2.07. The van der Waals surface area contributed by atoms with Crippen LogP contribution in [0.3, 0.4) is 0 Å². The van der Waals surface area contributed by atoms with Crippen LogP contribution < -0.4 is 0 Å². The first-order valence-corrected chi connectivity index (χ1v) is 6.37. The van der Waals surface area contributed by atoms with Crippen LogP contribution >= 0.6 is 39.7 Å². The van der Waals surface area contributed by atoms with Crippen LogP contribution in [0, 0.1) is 5.82 Å². The van der Waals surface area contributed by atoms with E-state index in [2.05, 4.69) is 15.9 Å². The van der Waals surface area contributed by atoms with Crippen molar-refractivity contribution in [3.63, 3.8) is 0 Å². The third-order valence-corrected chi connectivity index (χ3v) is 3.15. The van der Waals surface area contributed by atoms with Crippen LogP contribution in [0.1, 0.15) is 18.1 Å². The summed E-state index contributed by atoms with van der Waals surface area (Å²) in [5.74, 6) is -0.907. The molecule has 1 aromatic carbocycles. The number of rotatable bonds is 4. The normalized spacial score (nSPS) is 10.1. The fourth-order valence-electron chi connectivity index (χ4n) is 1.25. The topological polar surface area (TPSA) is 26.3 Å². The van der Waals surface area contributed by atoms with Crippen molar-refractivity contribution in [2.75, 3.05) is 6.61 Å². The number of carbonyl (C=O) groups excluding carboxylic acids is 1. The Morgan fingerprint density at radius 2 is 2.24 bits per heavy atom. The van der Waals surface area contributed by atoms with Gasteiger partial charge >= 0.3 is 5.97 Å². The molecule has 6 heteroatoms. The molecule has 0 heterocycles. The molecule has 0 fully saturated rings. The van der Waals surface area contributed by atoms with Gasteiger partial charge in [-0.15, -0.1) is 0 Å². The van der Waals surface area contributed by atoms with Crippen LogP contribution in [-0.2, 0) is 16.0 Å². The molecule has 0 spiro atoms. The van der Waals surface area contributed by atoms with Crippen LogP contribution in [-0.4, -0.2) is 16.9 Å². The molecule has 0 unspecified atom stereocenters. The lowest BCUT2D eigenvalue weighted by Crippen LogP contribution is -2.09. The molecule has 1 rings (SSSR count). The second kappa shape index (κ2) is 6.42. The van der Waals surface area contributed by atoms with Crippen molar-refractivity contribution in [2.24, 2.45) is 0 Å². The molecule has 0 saturated carbocycles. The molecule has 0 N–H and O–H groups in total. The maximum absolute atomic E-state index is 13.4. The van der Waals surface area contributed by atoms with E-state index in [4.69, 9.17) is 28.6 Å². The van der Waals surface area contributed by atoms with E-state index in [1.165, 1.54) is 12.1 Å². The molecule has 0 bridgehead atoms. The van der Waals surface area contributed by atoms with Gasteiger partial charge in [0.15, 0.2) is 0 Å². The van der Waals surface area contributed by atoms with Crippen molar-refractivity contribution in [1.29, 1.82) is 0 Å². The molecule has 2 nitrogen and oxygen atoms in total. The summed E-state index contributed by atoms with van der Waals surface area (Å²) in [7, 11) is 0. The van der Waals surface area contributed by atoms with Gasteiger partial charge in [-0.1, -0.05) is 39.7 Å². The highest BCUT2D eigenvalue weighted by Gasteiger charge is 2.13. The summed E-state index contributed by atoms with van der Waals surface area (Å²) in [6, 6.07) is 2.68. The minimum absolute atomic E-state index is 0.0429. The van der Waals surface area contributed by atoms with Gasteiger partial charge in [-0.3, -0.25) is 4.79 Å². The molecule has 17 heavy (non-hydrogen) atoms. The molecule has 1 aromatic rings. The van der Waals surface area contributed by atoms with Crippen molar-refractivity contribution in [3.05, 3.63) is 33.5 Å². The number of hydrogen-bond donors (Lipinski definition) is 0. The molecule has 0 aliphatic rings. The molecule has 0 amide bonds. The smallest absolute Gasteiger partial charge is 0.310 e. The molecule has 0 radical (unpaired) electrons. The SMILES string of the molecule is CCOC(=O)Cc1cc(C(=S)Cl)c(F)cc1Br. The summed E-state index contributed by atoms with van der Waals surface area (Å²) in [4.78, 5) is 11.3. The average molecular weight is 340 g/mol. The van der Waals surface area contributed by atoms with Gasteiger partial charge in [0, 0.05) is 10.0 Å². The first-order chi connectivity index (χ1) is 7.95. The van der Waals surface area contributed by atoms with E-state index in [1.807, 2.05) is 0 Å². The molecule has 0 aromatic heterocycles. The summed E-state index contributed by atoms with van der Waals surface area (Å²) in [5, 5.41) is 0. The lowest BCUT2D eigenvalue weighted by atomic mass is 10.1. The van der Waals surface area contributed by atoms with Crippen molar-refractivity contribution in [2.45, 2.75) is 13.3 Å². The van der Waals surface area contributed by atoms with Crippen molar-refractivity contribution >= 4 is 50.0 Å². The number of ether oxygens (including phenoxy) is 1. The number of esters is 1. The highest BCUT2D eigenvalue weighted by Crippen LogP contribution is 2.23. The maximum atomic E-state index is 13.4. The van der Waals surface area contributed by atoms with Gasteiger partial charge in [-0.2, -0.15) is 0 Å². The van der Waals surface area contributed by atoms with Gasteiger partial charge in [0.1, 0.15) is 10.1 Å². The van der Waals surface area contributed by atoms with Crippen LogP contribution in [0.25, 0.3) is 0 Å². The predicted octanol–water partition coefficient (Wildman–Crippen LogP) is 3.61. The summed E-state index contributed by atoms with van der Waals surface area (Å²) >= 11 is 13.5. The van der Waals surface area contributed by atoms with Crippen LogP contribution in [0.4, 0.5) is 4.39 Å². The maximum Gasteiger partial charge on any atom is 0.310 e. The van der Waals surface area contributed by atoms with E-state index >= 15 is 0 Å². The fourth-order valence-corrected chi connectivity index (χ4v) is 2.00. The molecule has 0 saturated heterocycles. The first kappa shape index (κ1) is 14.5. The van der Waals surface area contributed by atoms with Gasteiger partial charge in [0.05, 0.1) is 13.0 Å². The molecular formula is C11H9BrClFO2S. The van der Waals surface area contributed by atoms with Gasteiger partial charge in [-0.05, 0) is 24.6 Å². The van der Waals surface area contributed by atoms with Gasteiger partial charge in [0.25, 0.3) is 0 Å². The lowest BCUT2D eigenvalue weighted by molar-refractivity contribution is -0.142. The molecule has 0 aliphatic heterocycles. The highest BCUT2D eigenvalue weighted by atomic mass is 79.9. The first-order valence-electron chi connectivity index (χ1n) is 4.79. The summed E-state index contributed by atoms with van der Waals surface area (Å²) in [6.07, 6.45) is 0.0429. The Bertz CT molecular complexity index is 465. The Kier molecular flexibility index (Phi) is 5.49. The number of carbonyl (C=O) groups is 1. The third-order valence-electron chi connectivity index (χ3n) is 1.99. The predicted molar refractivity (Wildman–Crippen MR) is 72.0 cm³/mol. The average Bonchev–Trinajstić information content (AvgIpc) is 2.21. The third kappa shape index (κ3) is 4.01. The van der Waals surface area contributed by atoms with Crippen molar-refractivity contribution < 1.29 is 13.9 Å². The number of thiocarbonyl (C=S) groups is 1. The Labute approximate surface area is 117 Å². The Morgan fingerprint density at radius 3 is 2.76 bits per heavy atom. The highest BCUT2D eigenvalue weighted by molar-refractivity contribution is 9.10. The standard InChI is InChI=1S/C11H9BrClFO2S/c1-2-16-10(15)4-6-3-7(11(13)17)9(14)5-8(6)12/h3,5H,2,4H2,1H3. The summed E-state index contributed by atoms with van der Waals surface area (Å²) < 4.78 is 18.7. The Hall–Kier alpha value is -0.520. The molecule has 0 atom stereocenters. The second-order valence-corrected chi connectivity index (χ2v) is 5.04. The van der Waals surface area contributed by atoms with E-state index in [9.17, 15) is 9.18 Å². The molecule has 92 valence electrons. The monoisotopic (exact) mass is 338 g/mol.